The molecule has 0 atom stereocenters. The molecule has 0 saturated carbocycles. The smallest absolute Gasteiger partial charge is 0.243 e. The molecule has 2 aromatic carbocycles. The van der Waals surface area contributed by atoms with E-state index in [4.69, 9.17) is 9.47 Å². The number of carbonyl (C=O) groups excluding carboxylic acids is 2. The van der Waals surface area contributed by atoms with Crippen molar-refractivity contribution in [1.29, 1.82) is 0 Å². The minimum absolute atomic E-state index is 0.00698. The van der Waals surface area contributed by atoms with E-state index in [1.165, 1.54) is 37.4 Å². The van der Waals surface area contributed by atoms with Crippen molar-refractivity contribution in [2.45, 2.75) is 18.2 Å². The van der Waals surface area contributed by atoms with Gasteiger partial charge in [0, 0.05) is 32.1 Å². The van der Waals surface area contributed by atoms with E-state index in [0.29, 0.717) is 47.5 Å². The van der Waals surface area contributed by atoms with E-state index < -0.39 is 22.5 Å². The van der Waals surface area contributed by atoms with Crippen molar-refractivity contribution in [2.75, 3.05) is 37.4 Å². The molecular weight excluding hydrogens is 468 g/mol. The number of aromatic nitrogens is 1. The van der Waals surface area contributed by atoms with Gasteiger partial charge in [-0.25, -0.2) is 13.4 Å². The maximum Gasteiger partial charge on any atom is 0.243 e. The summed E-state index contributed by atoms with van der Waals surface area (Å²) in [6, 6.07) is 9.59. The fraction of sp³-hybridized carbons (Fsp3) is 0.286. The zero-order chi connectivity index (χ0) is 23.6. The number of likely N-dealkylation sites (N-methyl/N-ethyl adjacent to an activating group) is 1. The van der Waals surface area contributed by atoms with Crippen molar-refractivity contribution in [3.05, 3.63) is 36.4 Å². The Morgan fingerprint density at radius 3 is 2.61 bits per heavy atom. The van der Waals surface area contributed by atoms with Crippen molar-refractivity contribution in [3.8, 4) is 11.5 Å². The molecule has 1 aliphatic rings. The molecule has 174 valence electrons. The molecule has 4 rings (SSSR count). The van der Waals surface area contributed by atoms with Crippen LogP contribution in [0.15, 0.2) is 41.3 Å². The molecule has 33 heavy (non-hydrogen) atoms. The first-order valence-corrected chi connectivity index (χ1v) is 12.3. The molecule has 1 aromatic heterocycles. The Labute approximate surface area is 194 Å². The molecule has 0 bridgehead atoms. The predicted octanol–water partition coefficient (Wildman–Crippen LogP) is 2.68. The summed E-state index contributed by atoms with van der Waals surface area (Å²) < 4.78 is 38.8. The molecule has 2 heterocycles. The molecule has 0 fully saturated rings. The minimum atomic E-state index is -3.93. The monoisotopic (exact) mass is 490 g/mol. The highest BCUT2D eigenvalue weighted by Crippen LogP contribution is 2.33. The topological polar surface area (TPSA) is 127 Å². The highest BCUT2D eigenvalue weighted by atomic mass is 32.2. The largest absolute Gasteiger partial charge is 0.490 e. The predicted molar refractivity (Wildman–Crippen MR) is 124 cm³/mol. The van der Waals surface area contributed by atoms with Gasteiger partial charge in [-0.05, 0) is 30.3 Å². The Bertz CT molecular complexity index is 1320. The third-order valence-electron chi connectivity index (χ3n) is 4.75. The number of thiazole rings is 1. The molecule has 2 N–H and O–H groups in total. The van der Waals surface area contributed by atoms with Crippen LogP contribution in [0.4, 0.5) is 10.8 Å². The van der Waals surface area contributed by atoms with Crippen LogP contribution in [0.2, 0.25) is 0 Å². The second kappa shape index (κ2) is 9.33. The van der Waals surface area contributed by atoms with Crippen molar-refractivity contribution < 1.29 is 27.5 Å². The third-order valence-corrected chi connectivity index (χ3v) is 7.48. The number of ether oxygens (including phenoxy) is 2. The van der Waals surface area contributed by atoms with Crippen molar-refractivity contribution >= 4 is 54.2 Å². The molecule has 2 amide bonds. The summed E-state index contributed by atoms with van der Waals surface area (Å²) >= 11 is 1.22. The molecule has 1 aliphatic heterocycles. The Balaban J connectivity index is 1.44. The summed E-state index contributed by atoms with van der Waals surface area (Å²) in [5, 5.41) is 5.65. The summed E-state index contributed by atoms with van der Waals surface area (Å²) in [5.74, 6) is 0.130. The minimum Gasteiger partial charge on any atom is -0.490 e. The van der Waals surface area contributed by atoms with Crippen LogP contribution in [0.25, 0.3) is 10.2 Å². The number of nitrogens with one attached hydrogen (secondary N) is 2. The van der Waals surface area contributed by atoms with Gasteiger partial charge >= 0.3 is 0 Å². The van der Waals surface area contributed by atoms with Crippen molar-refractivity contribution in [2.24, 2.45) is 0 Å². The lowest BCUT2D eigenvalue weighted by Crippen LogP contribution is -2.34. The highest BCUT2D eigenvalue weighted by Gasteiger charge is 2.25. The molecule has 3 aromatic rings. The van der Waals surface area contributed by atoms with Crippen LogP contribution in [0, 0.1) is 0 Å². The Hall–Kier alpha value is -3.22. The van der Waals surface area contributed by atoms with Crippen LogP contribution in [0.5, 0.6) is 11.5 Å². The summed E-state index contributed by atoms with van der Waals surface area (Å²) in [7, 11) is -2.60. The lowest BCUT2D eigenvalue weighted by Gasteiger charge is -2.17. The summed E-state index contributed by atoms with van der Waals surface area (Å²) in [5.41, 5.74) is 1.27. The van der Waals surface area contributed by atoms with E-state index in [-0.39, 0.29) is 10.8 Å². The number of hydrogen-bond acceptors (Lipinski definition) is 8. The lowest BCUT2D eigenvalue weighted by molar-refractivity contribution is -0.116. The van der Waals surface area contributed by atoms with Gasteiger partial charge in [0.15, 0.2) is 16.6 Å². The summed E-state index contributed by atoms with van der Waals surface area (Å²) in [6.07, 6.45) is 0.706. The number of benzene rings is 2. The Morgan fingerprint density at radius 2 is 1.85 bits per heavy atom. The van der Waals surface area contributed by atoms with Crippen LogP contribution < -0.4 is 20.1 Å². The average molecular weight is 491 g/mol. The third kappa shape index (κ3) is 5.24. The Morgan fingerprint density at radius 1 is 1.09 bits per heavy atom. The van der Waals surface area contributed by atoms with E-state index in [0.717, 1.165) is 9.01 Å². The van der Waals surface area contributed by atoms with E-state index in [1.54, 1.807) is 24.3 Å². The number of sulfonamides is 1. The number of amides is 2. The van der Waals surface area contributed by atoms with Crippen LogP contribution in [-0.4, -0.2) is 56.3 Å². The van der Waals surface area contributed by atoms with Crippen LogP contribution >= 0.6 is 11.3 Å². The molecule has 0 spiro atoms. The van der Waals surface area contributed by atoms with Gasteiger partial charge < -0.3 is 20.1 Å². The van der Waals surface area contributed by atoms with Crippen LogP contribution in [-0.2, 0) is 19.6 Å². The zero-order valence-electron chi connectivity index (χ0n) is 18.0. The number of hydrogen-bond donors (Lipinski definition) is 2. The maximum absolute atomic E-state index is 13.0. The maximum atomic E-state index is 13.0. The molecular formula is C21H22N4O6S2. The van der Waals surface area contributed by atoms with Gasteiger partial charge in [0.2, 0.25) is 21.8 Å². The first-order chi connectivity index (χ1) is 15.7. The van der Waals surface area contributed by atoms with E-state index in [9.17, 15) is 18.0 Å². The lowest BCUT2D eigenvalue weighted by atomic mass is 10.3. The fourth-order valence-corrected chi connectivity index (χ4v) is 5.25. The first-order valence-electron chi connectivity index (χ1n) is 10.1. The quantitative estimate of drug-likeness (QED) is 0.544. The number of fused-ring (bicyclic) bond motifs is 2. The van der Waals surface area contributed by atoms with E-state index in [2.05, 4.69) is 15.6 Å². The molecule has 0 saturated heterocycles. The molecule has 12 heteroatoms. The summed E-state index contributed by atoms with van der Waals surface area (Å²) in [6.45, 7) is 1.95. The van der Waals surface area contributed by atoms with E-state index in [1.807, 2.05) is 0 Å². The number of nitrogens with zero attached hydrogens (tertiary/aromatic N) is 2. The zero-order valence-corrected chi connectivity index (χ0v) is 19.6. The second-order valence-electron chi connectivity index (χ2n) is 7.35. The fourth-order valence-electron chi connectivity index (χ4n) is 3.19. The normalized spacial score (nSPS) is 13.5. The SMILES string of the molecule is CC(=O)Nc1ccc2nc(NC(=O)CN(C)S(=O)(=O)c3ccc4c(c3)OCCCO4)sc2c1. The molecule has 0 aliphatic carbocycles. The van der Waals surface area contributed by atoms with Gasteiger partial charge in [0.05, 0.1) is 34.9 Å². The van der Waals surface area contributed by atoms with Gasteiger partial charge in [-0.15, -0.1) is 0 Å². The standard InChI is InChI=1S/C21H22N4O6S2/c1-13(26)22-14-4-6-16-19(10-14)32-21(23-16)24-20(27)12-25(2)33(28,29)15-5-7-17-18(11-15)31-9-3-8-30-17/h4-7,10-11H,3,8-9,12H2,1-2H3,(H,22,26)(H,23,24,27). The number of rotatable bonds is 6. The van der Waals surface area contributed by atoms with Gasteiger partial charge in [-0.2, -0.15) is 4.31 Å². The van der Waals surface area contributed by atoms with E-state index >= 15 is 0 Å². The van der Waals surface area contributed by atoms with Gasteiger partial charge in [-0.3, -0.25) is 9.59 Å². The molecule has 10 nitrogen and oxygen atoms in total. The first kappa shape index (κ1) is 23.0. The number of carbonyl (C=O) groups is 2. The van der Waals surface area contributed by atoms with Crippen molar-refractivity contribution in [1.82, 2.24) is 9.29 Å². The van der Waals surface area contributed by atoms with Gasteiger partial charge in [-0.1, -0.05) is 11.3 Å². The molecule has 0 unspecified atom stereocenters. The van der Waals surface area contributed by atoms with Gasteiger partial charge in [0.1, 0.15) is 0 Å². The average Bonchev–Trinajstić information content (AvgIpc) is 2.99. The highest BCUT2D eigenvalue weighted by molar-refractivity contribution is 7.89. The molecule has 0 radical (unpaired) electrons. The van der Waals surface area contributed by atoms with Crippen molar-refractivity contribution in [3.63, 3.8) is 0 Å². The summed E-state index contributed by atoms with van der Waals surface area (Å²) in [4.78, 5) is 28.1. The second-order valence-corrected chi connectivity index (χ2v) is 10.4. The number of anilines is 2. The van der Waals surface area contributed by atoms with Crippen LogP contribution in [0.3, 0.4) is 0 Å². The Kier molecular flexibility index (Phi) is 6.49. The van der Waals surface area contributed by atoms with Gasteiger partial charge in [0.25, 0.3) is 0 Å². The van der Waals surface area contributed by atoms with Crippen LogP contribution in [0.1, 0.15) is 13.3 Å².